The maximum absolute atomic E-state index is 3.52. The quantitative estimate of drug-likeness (QED) is 0.610. The third kappa shape index (κ3) is 1.40. The van der Waals surface area contributed by atoms with Gasteiger partial charge in [0.25, 0.3) is 0 Å². The summed E-state index contributed by atoms with van der Waals surface area (Å²) in [6.07, 6.45) is 4.18. The predicted octanol–water partition coefficient (Wildman–Crippen LogP) is 1.47. The maximum atomic E-state index is 3.52. The van der Waals surface area contributed by atoms with E-state index >= 15 is 0 Å². The Labute approximate surface area is 81.7 Å². The van der Waals surface area contributed by atoms with Crippen molar-refractivity contribution in [3.8, 4) is 0 Å². The highest BCUT2D eigenvalue weighted by Crippen LogP contribution is 2.41. The second-order valence-electron chi connectivity index (χ2n) is 5.02. The SMILES string of the molecule is CC1CCC2(CCNC2)C(C)N1C. The smallest absolute Gasteiger partial charge is 0.0136 e. The molecule has 3 unspecified atom stereocenters. The van der Waals surface area contributed by atoms with Gasteiger partial charge in [-0.05, 0) is 52.1 Å². The number of rotatable bonds is 0. The molecular weight excluding hydrogens is 160 g/mol. The summed E-state index contributed by atoms with van der Waals surface area (Å²) >= 11 is 0. The van der Waals surface area contributed by atoms with E-state index in [1.54, 1.807) is 0 Å². The van der Waals surface area contributed by atoms with Gasteiger partial charge in [-0.15, -0.1) is 0 Å². The highest BCUT2D eigenvalue weighted by atomic mass is 15.2. The zero-order valence-electron chi connectivity index (χ0n) is 9.14. The van der Waals surface area contributed by atoms with Crippen LogP contribution in [0.4, 0.5) is 0 Å². The second kappa shape index (κ2) is 3.25. The minimum Gasteiger partial charge on any atom is -0.316 e. The van der Waals surface area contributed by atoms with Crippen LogP contribution >= 0.6 is 0 Å². The molecule has 0 radical (unpaired) electrons. The van der Waals surface area contributed by atoms with Gasteiger partial charge in [0.2, 0.25) is 0 Å². The van der Waals surface area contributed by atoms with E-state index in [-0.39, 0.29) is 0 Å². The zero-order chi connectivity index (χ0) is 9.47. The molecule has 13 heavy (non-hydrogen) atoms. The van der Waals surface area contributed by atoms with Crippen molar-refractivity contribution in [2.24, 2.45) is 5.41 Å². The third-order valence-electron chi connectivity index (χ3n) is 4.53. The molecular formula is C11H22N2. The fourth-order valence-electron chi connectivity index (χ4n) is 3.06. The number of piperidine rings is 1. The molecule has 2 nitrogen and oxygen atoms in total. The van der Waals surface area contributed by atoms with E-state index in [4.69, 9.17) is 0 Å². The van der Waals surface area contributed by atoms with Crippen molar-refractivity contribution in [3.63, 3.8) is 0 Å². The Kier molecular flexibility index (Phi) is 2.37. The van der Waals surface area contributed by atoms with Crippen LogP contribution in [0.1, 0.15) is 33.1 Å². The van der Waals surface area contributed by atoms with Crippen LogP contribution in [0.15, 0.2) is 0 Å². The van der Waals surface area contributed by atoms with Crippen LogP contribution in [-0.2, 0) is 0 Å². The van der Waals surface area contributed by atoms with Crippen LogP contribution in [0.25, 0.3) is 0 Å². The van der Waals surface area contributed by atoms with Crippen molar-refractivity contribution in [2.75, 3.05) is 20.1 Å². The fraction of sp³-hybridized carbons (Fsp3) is 1.00. The van der Waals surface area contributed by atoms with Crippen molar-refractivity contribution in [3.05, 3.63) is 0 Å². The molecule has 2 rings (SSSR count). The monoisotopic (exact) mass is 182 g/mol. The summed E-state index contributed by atoms with van der Waals surface area (Å²) in [5.74, 6) is 0. The van der Waals surface area contributed by atoms with Crippen molar-refractivity contribution < 1.29 is 0 Å². The average Bonchev–Trinajstić information content (AvgIpc) is 2.59. The molecule has 0 aromatic heterocycles. The van der Waals surface area contributed by atoms with E-state index < -0.39 is 0 Å². The molecule has 2 heteroatoms. The van der Waals surface area contributed by atoms with Crippen molar-refractivity contribution >= 4 is 0 Å². The van der Waals surface area contributed by atoms with Crippen LogP contribution in [0, 0.1) is 5.41 Å². The molecule has 0 aliphatic carbocycles. The topological polar surface area (TPSA) is 15.3 Å². The normalized spacial score (nSPS) is 47.3. The van der Waals surface area contributed by atoms with E-state index in [1.165, 1.54) is 32.4 Å². The van der Waals surface area contributed by atoms with Gasteiger partial charge in [0.05, 0.1) is 0 Å². The zero-order valence-corrected chi connectivity index (χ0v) is 9.14. The molecule has 0 aromatic rings. The van der Waals surface area contributed by atoms with Crippen molar-refractivity contribution in [1.29, 1.82) is 0 Å². The second-order valence-corrected chi connectivity index (χ2v) is 5.02. The van der Waals surface area contributed by atoms with Crippen molar-refractivity contribution in [1.82, 2.24) is 10.2 Å². The van der Waals surface area contributed by atoms with Gasteiger partial charge in [0.1, 0.15) is 0 Å². The van der Waals surface area contributed by atoms with Gasteiger partial charge < -0.3 is 10.2 Å². The summed E-state index contributed by atoms with van der Waals surface area (Å²) in [5, 5.41) is 3.52. The van der Waals surface area contributed by atoms with E-state index in [0.717, 1.165) is 12.1 Å². The van der Waals surface area contributed by atoms with Crippen LogP contribution < -0.4 is 5.32 Å². The molecule has 0 amide bonds. The Balaban J connectivity index is 2.13. The Morgan fingerprint density at radius 3 is 2.69 bits per heavy atom. The highest BCUT2D eigenvalue weighted by molar-refractivity contribution is 4.99. The molecule has 0 aromatic carbocycles. The lowest BCUT2D eigenvalue weighted by molar-refractivity contribution is 0.0210. The standard InChI is InChI=1S/C11H22N2/c1-9-4-5-11(6-7-12-8-11)10(2)13(9)3/h9-10,12H,4-8H2,1-3H3. The van der Waals surface area contributed by atoms with Crippen LogP contribution in [0.5, 0.6) is 0 Å². The van der Waals surface area contributed by atoms with Gasteiger partial charge in [-0.1, -0.05) is 0 Å². The third-order valence-corrected chi connectivity index (χ3v) is 4.53. The molecule has 76 valence electrons. The van der Waals surface area contributed by atoms with E-state index in [9.17, 15) is 0 Å². The Morgan fingerprint density at radius 2 is 2.08 bits per heavy atom. The molecule has 0 saturated carbocycles. The first-order chi connectivity index (χ1) is 6.16. The van der Waals surface area contributed by atoms with Gasteiger partial charge >= 0.3 is 0 Å². The summed E-state index contributed by atoms with van der Waals surface area (Å²) in [5.41, 5.74) is 0.598. The lowest BCUT2D eigenvalue weighted by Gasteiger charge is -2.48. The molecule has 0 bridgehead atoms. The summed E-state index contributed by atoms with van der Waals surface area (Å²) < 4.78 is 0. The molecule has 1 N–H and O–H groups in total. The summed E-state index contributed by atoms with van der Waals surface area (Å²) in [6, 6.07) is 1.53. The Bertz CT molecular complexity index is 185. The number of likely N-dealkylation sites (tertiary alicyclic amines) is 1. The lowest BCUT2D eigenvalue weighted by Crippen LogP contribution is -2.53. The summed E-state index contributed by atoms with van der Waals surface area (Å²) in [4.78, 5) is 2.57. The van der Waals surface area contributed by atoms with Gasteiger partial charge in [-0.25, -0.2) is 0 Å². The van der Waals surface area contributed by atoms with Gasteiger partial charge in [0.15, 0.2) is 0 Å². The first-order valence-corrected chi connectivity index (χ1v) is 5.58. The molecule has 1 spiro atoms. The molecule has 2 heterocycles. The Morgan fingerprint density at radius 1 is 1.31 bits per heavy atom. The van der Waals surface area contributed by atoms with E-state index in [1.807, 2.05) is 0 Å². The van der Waals surface area contributed by atoms with Gasteiger partial charge in [0, 0.05) is 18.6 Å². The number of hydrogen-bond acceptors (Lipinski definition) is 2. The van der Waals surface area contributed by atoms with E-state index in [2.05, 4.69) is 31.1 Å². The molecule has 2 aliphatic rings. The molecule has 3 atom stereocenters. The van der Waals surface area contributed by atoms with E-state index in [0.29, 0.717) is 5.41 Å². The average molecular weight is 182 g/mol. The highest BCUT2D eigenvalue weighted by Gasteiger charge is 2.44. The summed E-state index contributed by atoms with van der Waals surface area (Å²) in [6.45, 7) is 7.23. The van der Waals surface area contributed by atoms with Crippen molar-refractivity contribution in [2.45, 2.75) is 45.2 Å². The number of hydrogen-bond donors (Lipinski definition) is 1. The largest absolute Gasteiger partial charge is 0.316 e. The lowest BCUT2D eigenvalue weighted by atomic mass is 9.71. The Hall–Kier alpha value is -0.0800. The minimum atomic E-state index is 0.598. The minimum absolute atomic E-state index is 0.598. The first kappa shape index (κ1) is 9.47. The molecule has 2 fully saturated rings. The molecule has 2 saturated heterocycles. The van der Waals surface area contributed by atoms with Crippen LogP contribution in [0.2, 0.25) is 0 Å². The van der Waals surface area contributed by atoms with Crippen LogP contribution in [0.3, 0.4) is 0 Å². The predicted molar refractivity (Wildman–Crippen MR) is 55.8 cm³/mol. The molecule has 2 aliphatic heterocycles. The number of nitrogens with zero attached hydrogens (tertiary/aromatic N) is 1. The van der Waals surface area contributed by atoms with Gasteiger partial charge in [-0.2, -0.15) is 0 Å². The fourth-order valence-corrected chi connectivity index (χ4v) is 3.06. The first-order valence-electron chi connectivity index (χ1n) is 5.58. The van der Waals surface area contributed by atoms with Gasteiger partial charge in [-0.3, -0.25) is 0 Å². The number of nitrogens with one attached hydrogen (secondary N) is 1. The summed E-state index contributed by atoms with van der Waals surface area (Å²) in [7, 11) is 2.29. The maximum Gasteiger partial charge on any atom is 0.0136 e. The van der Waals surface area contributed by atoms with Crippen LogP contribution in [-0.4, -0.2) is 37.1 Å².